The minimum atomic E-state index is 0.782. The quantitative estimate of drug-likeness (QED) is 0.177. The van der Waals surface area contributed by atoms with Crippen LogP contribution in [0.3, 0.4) is 0 Å². The van der Waals surface area contributed by atoms with Crippen molar-refractivity contribution in [2.45, 2.75) is 0 Å². The van der Waals surface area contributed by atoms with Crippen LogP contribution in [-0.2, 0) is 0 Å². The largest absolute Gasteiger partial charge is 0.399 e. The summed E-state index contributed by atoms with van der Waals surface area (Å²) in [5.41, 5.74) is 20.2. The molecule has 0 aliphatic rings. The predicted molar refractivity (Wildman–Crippen MR) is 252 cm³/mol. The molecule has 0 radical (unpaired) electrons. The lowest BCUT2D eigenvalue weighted by atomic mass is 9.98. The van der Waals surface area contributed by atoms with E-state index in [1.54, 1.807) is 0 Å². The van der Waals surface area contributed by atoms with Crippen LogP contribution in [0.5, 0.6) is 0 Å². The summed E-state index contributed by atoms with van der Waals surface area (Å²) in [7, 11) is 0. The van der Waals surface area contributed by atoms with E-state index in [1.807, 2.05) is 121 Å². The van der Waals surface area contributed by atoms with E-state index in [2.05, 4.69) is 146 Å². The van der Waals surface area contributed by atoms with Crippen molar-refractivity contribution < 1.29 is 0 Å². The third-order valence-electron chi connectivity index (χ3n) is 9.24. The summed E-state index contributed by atoms with van der Waals surface area (Å²) in [5.74, 6) is 0. The first kappa shape index (κ1) is 40.0. The van der Waals surface area contributed by atoms with Gasteiger partial charge in [-0.1, -0.05) is 243 Å². The molecule has 10 aromatic rings. The van der Waals surface area contributed by atoms with Crippen molar-refractivity contribution in [3.05, 3.63) is 267 Å². The van der Waals surface area contributed by atoms with Crippen LogP contribution in [-0.4, -0.2) is 0 Å². The number of anilines is 2. The smallest absolute Gasteiger partial charge is 0.0314 e. The molecule has 282 valence electrons. The molecular formula is C56H48N2. The number of fused-ring (bicyclic) bond motifs is 2. The maximum Gasteiger partial charge on any atom is 0.0314 e. The SMILES string of the molecule is Nc1ccc(-c2ccc(N)cc2)cc1.c1ccc(-c2cccc3ccccc23)cc1.c1ccc(-c2cccc3ccccc23)cc1.c1ccccc1.c1ccccc1. The molecule has 0 atom stereocenters. The first-order valence-corrected chi connectivity index (χ1v) is 19.4. The summed E-state index contributed by atoms with van der Waals surface area (Å²) >= 11 is 0. The van der Waals surface area contributed by atoms with Crippen molar-refractivity contribution in [1.29, 1.82) is 0 Å². The van der Waals surface area contributed by atoms with E-state index in [0.717, 1.165) is 22.5 Å². The van der Waals surface area contributed by atoms with Gasteiger partial charge < -0.3 is 11.5 Å². The maximum atomic E-state index is 5.61. The Morgan fingerprint density at radius 2 is 0.448 bits per heavy atom. The topological polar surface area (TPSA) is 52.0 Å². The fourth-order valence-corrected chi connectivity index (χ4v) is 6.31. The van der Waals surface area contributed by atoms with Gasteiger partial charge >= 0.3 is 0 Å². The maximum absolute atomic E-state index is 5.61. The van der Waals surface area contributed by atoms with Crippen LogP contribution in [0.25, 0.3) is 54.9 Å². The number of nitrogen functional groups attached to an aromatic ring is 2. The molecule has 0 aliphatic carbocycles. The molecule has 0 fully saturated rings. The number of benzene rings is 10. The third kappa shape index (κ3) is 12.2. The van der Waals surface area contributed by atoms with Gasteiger partial charge in [0, 0.05) is 11.4 Å². The number of hydrogen-bond donors (Lipinski definition) is 2. The molecule has 2 nitrogen and oxygen atoms in total. The Labute approximate surface area is 343 Å². The molecule has 0 amide bonds. The molecule has 4 N–H and O–H groups in total. The summed E-state index contributed by atoms with van der Waals surface area (Å²) in [6.45, 7) is 0. The van der Waals surface area contributed by atoms with Crippen LogP contribution in [0.1, 0.15) is 0 Å². The fourth-order valence-electron chi connectivity index (χ4n) is 6.31. The molecule has 0 saturated heterocycles. The molecule has 0 aromatic heterocycles. The first-order chi connectivity index (χ1) is 28.7. The monoisotopic (exact) mass is 748 g/mol. The molecular weight excluding hydrogens is 701 g/mol. The summed E-state index contributed by atoms with van der Waals surface area (Å²) in [6, 6.07) is 90.5. The van der Waals surface area contributed by atoms with E-state index < -0.39 is 0 Å². The molecule has 0 spiro atoms. The van der Waals surface area contributed by atoms with Crippen molar-refractivity contribution in [2.75, 3.05) is 11.5 Å². The van der Waals surface area contributed by atoms with Gasteiger partial charge in [-0.3, -0.25) is 0 Å². The van der Waals surface area contributed by atoms with E-state index in [1.165, 1.54) is 43.8 Å². The second-order valence-electron chi connectivity index (χ2n) is 13.3. The first-order valence-electron chi connectivity index (χ1n) is 19.4. The Hall–Kier alpha value is -7.68. The van der Waals surface area contributed by atoms with Crippen molar-refractivity contribution in [3.63, 3.8) is 0 Å². The standard InChI is InChI=1S/2C16H12.C12H12N2.2C6H6/c2*1-2-7-13(8-3-1)16-12-6-10-14-9-4-5-11-15(14)16;13-11-5-1-9(2-6-11)10-3-7-12(14)8-4-10;2*1-2-4-6-5-3-1/h2*1-12H;1-8H,13-14H2;2*1-6H. The van der Waals surface area contributed by atoms with E-state index in [9.17, 15) is 0 Å². The fraction of sp³-hybridized carbons (Fsp3) is 0. The molecule has 10 rings (SSSR count). The van der Waals surface area contributed by atoms with Gasteiger partial charge in [-0.25, -0.2) is 0 Å². The van der Waals surface area contributed by atoms with Gasteiger partial charge in [-0.2, -0.15) is 0 Å². The van der Waals surface area contributed by atoms with Crippen LogP contribution >= 0.6 is 0 Å². The van der Waals surface area contributed by atoms with Crippen LogP contribution in [0.2, 0.25) is 0 Å². The van der Waals surface area contributed by atoms with Crippen LogP contribution < -0.4 is 11.5 Å². The molecule has 58 heavy (non-hydrogen) atoms. The highest BCUT2D eigenvalue weighted by Gasteiger charge is 2.03. The summed E-state index contributed by atoms with van der Waals surface area (Å²) < 4.78 is 0. The minimum absolute atomic E-state index is 0.782. The second kappa shape index (κ2) is 22.0. The average Bonchev–Trinajstić information content (AvgIpc) is 3.32. The zero-order chi connectivity index (χ0) is 40.0. The lowest BCUT2D eigenvalue weighted by Gasteiger charge is -2.06. The predicted octanol–water partition coefficient (Wildman–Crippen LogP) is 14.9. The highest BCUT2D eigenvalue weighted by Crippen LogP contribution is 2.29. The van der Waals surface area contributed by atoms with Gasteiger partial charge in [0.15, 0.2) is 0 Å². The lowest BCUT2D eigenvalue weighted by molar-refractivity contribution is 1.61. The van der Waals surface area contributed by atoms with E-state index >= 15 is 0 Å². The summed E-state index contributed by atoms with van der Waals surface area (Å²) in [5, 5.41) is 5.22. The second-order valence-corrected chi connectivity index (χ2v) is 13.3. The molecule has 2 heteroatoms. The summed E-state index contributed by atoms with van der Waals surface area (Å²) in [6.07, 6.45) is 0. The molecule has 10 aromatic carbocycles. The van der Waals surface area contributed by atoms with Gasteiger partial charge in [-0.05, 0) is 79.2 Å². The number of hydrogen-bond acceptors (Lipinski definition) is 2. The highest BCUT2D eigenvalue weighted by molar-refractivity contribution is 5.97. The Balaban J connectivity index is 0.000000129. The average molecular weight is 749 g/mol. The third-order valence-corrected chi connectivity index (χ3v) is 9.24. The Morgan fingerprint density at radius 3 is 0.776 bits per heavy atom. The van der Waals surface area contributed by atoms with E-state index in [-0.39, 0.29) is 0 Å². The van der Waals surface area contributed by atoms with Gasteiger partial charge in [0.1, 0.15) is 0 Å². The lowest BCUT2D eigenvalue weighted by Crippen LogP contribution is -1.85. The van der Waals surface area contributed by atoms with Gasteiger partial charge in [0.05, 0.1) is 0 Å². The zero-order valence-electron chi connectivity index (χ0n) is 32.6. The molecule has 0 bridgehead atoms. The van der Waals surface area contributed by atoms with Gasteiger partial charge in [0.25, 0.3) is 0 Å². The van der Waals surface area contributed by atoms with Gasteiger partial charge in [-0.15, -0.1) is 0 Å². The molecule has 0 heterocycles. The molecule has 0 unspecified atom stereocenters. The van der Waals surface area contributed by atoms with Crippen molar-refractivity contribution in [1.82, 2.24) is 0 Å². The Morgan fingerprint density at radius 1 is 0.190 bits per heavy atom. The van der Waals surface area contributed by atoms with E-state index in [4.69, 9.17) is 11.5 Å². The Kier molecular flexibility index (Phi) is 15.2. The molecule has 0 saturated carbocycles. The highest BCUT2D eigenvalue weighted by atomic mass is 14.5. The van der Waals surface area contributed by atoms with Crippen LogP contribution in [0.15, 0.2) is 267 Å². The van der Waals surface area contributed by atoms with Crippen molar-refractivity contribution in [3.8, 4) is 33.4 Å². The number of nitrogens with two attached hydrogens (primary N) is 2. The summed E-state index contributed by atoms with van der Waals surface area (Å²) in [4.78, 5) is 0. The van der Waals surface area contributed by atoms with Crippen molar-refractivity contribution in [2.24, 2.45) is 0 Å². The zero-order valence-corrected chi connectivity index (χ0v) is 32.6. The minimum Gasteiger partial charge on any atom is -0.399 e. The van der Waals surface area contributed by atoms with Crippen LogP contribution in [0.4, 0.5) is 11.4 Å². The van der Waals surface area contributed by atoms with Crippen molar-refractivity contribution >= 4 is 32.9 Å². The molecule has 0 aliphatic heterocycles. The normalized spacial score (nSPS) is 9.86. The van der Waals surface area contributed by atoms with E-state index in [0.29, 0.717) is 0 Å². The van der Waals surface area contributed by atoms with Gasteiger partial charge in [0.2, 0.25) is 0 Å². The number of rotatable bonds is 3. The Bertz CT molecular complexity index is 2390. The van der Waals surface area contributed by atoms with Crippen LogP contribution in [0, 0.1) is 0 Å².